The molecule has 0 radical (unpaired) electrons. The number of nitrogens with zero attached hydrogens (tertiary/aromatic N) is 2. The van der Waals surface area contributed by atoms with Gasteiger partial charge in [-0.3, -0.25) is 4.79 Å². The van der Waals surface area contributed by atoms with E-state index in [1.165, 1.54) is 50.6 Å². The van der Waals surface area contributed by atoms with Crippen molar-refractivity contribution in [3.05, 3.63) is 58.1 Å². The van der Waals surface area contributed by atoms with Gasteiger partial charge < -0.3 is 10.6 Å². The van der Waals surface area contributed by atoms with Gasteiger partial charge in [0.15, 0.2) is 0 Å². The lowest BCUT2D eigenvalue weighted by Gasteiger charge is -2.45. The van der Waals surface area contributed by atoms with E-state index in [1.807, 2.05) is 6.07 Å². The molecule has 30 heavy (non-hydrogen) atoms. The Labute approximate surface area is 186 Å². The molecule has 6 heteroatoms. The first-order chi connectivity index (χ1) is 14.5. The Kier molecular flexibility index (Phi) is 6.42. The molecule has 1 saturated heterocycles. The largest absolute Gasteiger partial charge is 0.399 e. The molecule has 1 aliphatic carbocycles. The SMILES string of the molecule is Nc1ccc(C(=O)NN=Cc2ccc(N3CCC4(CCCCC4)CC3)cc2Br)cc1. The third-order valence-electron chi connectivity index (χ3n) is 6.63. The van der Waals surface area contributed by atoms with E-state index in [0.29, 0.717) is 16.7 Å². The molecule has 4 rings (SSSR count). The Morgan fingerprint density at radius 3 is 2.40 bits per heavy atom. The number of nitrogens with two attached hydrogens (primary N) is 1. The molecule has 1 aliphatic heterocycles. The molecule has 2 aromatic rings. The van der Waals surface area contributed by atoms with Crippen molar-refractivity contribution in [2.45, 2.75) is 44.9 Å². The first-order valence-corrected chi connectivity index (χ1v) is 11.6. The average molecular weight is 469 g/mol. The highest BCUT2D eigenvalue weighted by molar-refractivity contribution is 9.10. The summed E-state index contributed by atoms with van der Waals surface area (Å²) in [4.78, 5) is 14.6. The number of anilines is 2. The highest BCUT2D eigenvalue weighted by Crippen LogP contribution is 2.45. The van der Waals surface area contributed by atoms with Gasteiger partial charge in [-0.25, -0.2) is 5.43 Å². The lowest BCUT2D eigenvalue weighted by molar-refractivity contribution is 0.0955. The third-order valence-corrected chi connectivity index (χ3v) is 7.32. The topological polar surface area (TPSA) is 70.7 Å². The number of hydrogen-bond acceptors (Lipinski definition) is 4. The number of piperidine rings is 1. The zero-order chi connectivity index (χ0) is 21.0. The van der Waals surface area contributed by atoms with Crippen LogP contribution in [0.2, 0.25) is 0 Å². The zero-order valence-electron chi connectivity index (χ0n) is 17.2. The fourth-order valence-electron chi connectivity index (χ4n) is 4.72. The Morgan fingerprint density at radius 2 is 1.73 bits per heavy atom. The van der Waals surface area contributed by atoms with Crippen LogP contribution in [0.4, 0.5) is 11.4 Å². The maximum atomic E-state index is 12.1. The number of nitrogen functional groups attached to an aromatic ring is 1. The number of rotatable bonds is 4. The minimum Gasteiger partial charge on any atom is -0.399 e. The average Bonchev–Trinajstić information content (AvgIpc) is 2.76. The number of halogens is 1. The molecule has 158 valence electrons. The van der Waals surface area contributed by atoms with Crippen LogP contribution in [-0.4, -0.2) is 25.2 Å². The predicted molar refractivity (Wildman–Crippen MR) is 127 cm³/mol. The normalized spacial score (nSPS) is 18.6. The van der Waals surface area contributed by atoms with E-state index in [-0.39, 0.29) is 5.91 Å². The van der Waals surface area contributed by atoms with Crippen molar-refractivity contribution in [3.8, 4) is 0 Å². The zero-order valence-corrected chi connectivity index (χ0v) is 18.8. The second-order valence-corrected chi connectivity index (χ2v) is 9.43. The van der Waals surface area contributed by atoms with E-state index in [9.17, 15) is 4.79 Å². The van der Waals surface area contributed by atoms with Crippen LogP contribution in [-0.2, 0) is 0 Å². The molecular weight excluding hydrogens is 440 g/mol. The van der Waals surface area contributed by atoms with Crippen molar-refractivity contribution in [1.82, 2.24) is 5.43 Å². The molecular formula is C24H29BrN4O. The summed E-state index contributed by atoms with van der Waals surface area (Å²) in [7, 11) is 0. The Hall–Kier alpha value is -2.34. The molecule has 1 spiro atoms. The van der Waals surface area contributed by atoms with Crippen LogP contribution in [0.1, 0.15) is 60.9 Å². The van der Waals surface area contributed by atoms with E-state index < -0.39 is 0 Å². The van der Waals surface area contributed by atoms with Crippen LogP contribution >= 0.6 is 15.9 Å². The van der Waals surface area contributed by atoms with Gasteiger partial charge in [-0.2, -0.15) is 5.10 Å². The first kappa shape index (κ1) is 20.9. The summed E-state index contributed by atoms with van der Waals surface area (Å²) >= 11 is 3.66. The minimum atomic E-state index is -0.260. The first-order valence-electron chi connectivity index (χ1n) is 10.8. The van der Waals surface area contributed by atoms with Crippen LogP contribution in [0.25, 0.3) is 0 Å². The summed E-state index contributed by atoms with van der Waals surface area (Å²) in [6.07, 6.45) is 11.4. The maximum absolute atomic E-state index is 12.1. The monoisotopic (exact) mass is 468 g/mol. The second-order valence-electron chi connectivity index (χ2n) is 8.57. The van der Waals surface area contributed by atoms with Gasteiger partial charge in [0.2, 0.25) is 0 Å². The quantitative estimate of drug-likeness (QED) is 0.361. The van der Waals surface area contributed by atoms with E-state index >= 15 is 0 Å². The number of nitrogens with one attached hydrogen (secondary N) is 1. The molecule has 2 aliphatic rings. The van der Waals surface area contributed by atoms with Crippen LogP contribution in [0, 0.1) is 5.41 Å². The number of amides is 1. The van der Waals surface area contributed by atoms with Crippen LogP contribution in [0.5, 0.6) is 0 Å². The van der Waals surface area contributed by atoms with Gasteiger partial charge in [0.25, 0.3) is 5.91 Å². The van der Waals surface area contributed by atoms with E-state index in [0.717, 1.165) is 23.1 Å². The Morgan fingerprint density at radius 1 is 1.03 bits per heavy atom. The molecule has 2 fully saturated rings. The molecule has 0 unspecified atom stereocenters. The summed E-state index contributed by atoms with van der Waals surface area (Å²) < 4.78 is 0.975. The highest BCUT2D eigenvalue weighted by atomic mass is 79.9. The molecule has 3 N–H and O–H groups in total. The lowest BCUT2D eigenvalue weighted by atomic mass is 9.68. The molecule has 0 aromatic heterocycles. The molecule has 1 amide bonds. The lowest BCUT2D eigenvalue weighted by Crippen LogP contribution is -2.41. The summed E-state index contributed by atoms with van der Waals surface area (Å²) in [6.45, 7) is 2.27. The molecule has 1 heterocycles. The van der Waals surface area contributed by atoms with Crippen molar-refractivity contribution in [2.75, 3.05) is 23.7 Å². The van der Waals surface area contributed by atoms with Crippen LogP contribution in [0.15, 0.2) is 52.0 Å². The van der Waals surface area contributed by atoms with Gasteiger partial charge in [0, 0.05) is 40.1 Å². The Balaban J connectivity index is 1.34. The van der Waals surface area contributed by atoms with Gasteiger partial charge in [0.05, 0.1) is 6.21 Å². The van der Waals surface area contributed by atoms with Crippen molar-refractivity contribution < 1.29 is 4.79 Å². The molecule has 0 bridgehead atoms. The number of carbonyl (C=O) groups is 1. The molecule has 1 saturated carbocycles. The highest BCUT2D eigenvalue weighted by Gasteiger charge is 2.35. The predicted octanol–water partition coefficient (Wildman–Crippen LogP) is 5.35. The van der Waals surface area contributed by atoms with Gasteiger partial charge in [-0.1, -0.05) is 41.3 Å². The van der Waals surface area contributed by atoms with Gasteiger partial charge in [0.1, 0.15) is 0 Å². The summed E-state index contributed by atoms with van der Waals surface area (Å²) in [6, 6.07) is 13.1. The second kappa shape index (κ2) is 9.21. The van der Waals surface area contributed by atoms with Crippen LogP contribution in [0.3, 0.4) is 0 Å². The van der Waals surface area contributed by atoms with Gasteiger partial charge >= 0.3 is 0 Å². The van der Waals surface area contributed by atoms with E-state index in [2.05, 4.69) is 43.5 Å². The third kappa shape index (κ3) is 4.86. The molecule has 5 nitrogen and oxygen atoms in total. The molecule has 0 atom stereocenters. The summed E-state index contributed by atoms with van der Waals surface area (Å²) in [5, 5.41) is 4.10. The van der Waals surface area contributed by atoms with Gasteiger partial charge in [-0.15, -0.1) is 0 Å². The van der Waals surface area contributed by atoms with E-state index in [4.69, 9.17) is 5.73 Å². The summed E-state index contributed by atoms with van der Waals surface area (Å²) in [5.41, 5.74) is 12.2. The number of carbonyl (C=O) groups excluding carboxylic acids is 1. The van der Waals surface area contributed by atoms with Crippen molar-refractivity contribution in [3.63, 3.8) is 0 Å². The fourth-order valence-corrected chi connectivity index (χ4v) is 5.19. The number of hydrazone groups is 1. The van der Waals surface area contributed by atoms with Crippen molar-refractivity contribution >= 4 is 39.4 Å². The maximum Gasteiger partial charge on any atom is 0.271 e. The van der Waals surface area contributed by atoms with Crippen molar-refractivity contribution in [1.29, 1.82) is 0 Å². The number of benzene rings is 2. The Bertz CT molecular complexity index is 909. The van der Waals surface area contributed by atoms with Crippen molar-refractivity contribution in [2.24, 2.45) is 10.5 Å². The fraction of sp³-hybridized carbons (Fsp3) is 0.417. The van der Waals surface area contributed by atoms with E-state index in [1.54, 1.807) is 30.5 Å². The smallest absolute Gasteiger partial charge is 0.271 e. The van der Waals surface area contributed by atoms with Crippen LogP contribution < -0.4 is 16.1 Å². The van der Waals surface area contributed by atoms with Gasteiger partial charge in [-0.05, 0) is 67.5 Å². The molecule has 2 aromatic carbocycles. The standard InChI is InChI=1S/C24H29BrN4O/c25-22-16-21(29-14-12-24(13-15-29)10-2-1-3-11-24)9-6-19(22)17-27-28-23(30)18-4-7-20(26)8-5-18/h4-9,16-17H,1-3,10-15,26H2,(H,28,30). The minimum absolute atomic E-state index is 0.260. The summed E-state index contributed by atoms with van der Waals surface area (Å²) in [5.74, 6) is -0.260. The number of hydrogen-bond donors (Lipinski definition) is 2.